The number of hydrogen-bond acceptors (Lipinski definition) is 2. The summed E-state index contributed by atoms with van der Waals surface area (Å²) in [6.07, 6.45) is 12.6. The summed E-state index contributed by atoms with van der Waals surface area (Å²) in [6, 6.07) is 4.72. The molecule has 1 aromatic rings. The van der Waals surface area contributed by atoms with Gasteiger partial charge in [0.25, 0.3) is 0 Å². The summed E-state index contributed by atoms with van der Waals surface area (Å²) >= 11 is 0. The van der Waals surface area contributed by atoms with Gasteiger partial charge < -0.3 is 10.2 Å². The Labute approximate surface area is 109 Å². The van der Waals surface area contributed by atoms with Crippen LogP contribution in [-0.2, 0) is 4.74 Å². The number of nitrogens with zero attached hydrogens (tertiary/aromatic N) is 1. The third-order valence-electron chi connectivity index (χ3n) is 4.85. The predicted octanol–water partition coefficient (Wildman–Crippen LogP) is 3.16. The van der Waals surface area contributed by atoms with Gasteiger partial charge in [-0.2, -0.15) is 0 Å². The van der Waals surface area contributed by atoms with Gasteiger partial charge in [-0.3, -0.25) is 4.68 Å². The molecule has 0 bridgehead atoms. The summed E-state index contributed by atoms with van der Waals surface area (Å²) in [5, 5.41) is 0. The third kappa shape index (κ3) is 1.95. The average molecular weight is 248 g/mol. The molecule has 3 nitrogen and oxygen atoms in total. The normalized spacial score (nSPS) is 30.1. The van der Waals surface area contributed by atoms with Gasteiger partial charge in [-0.05, 0) is 38.3 Å². The molecule has 2 aliphatic rings. The first-order chi connectivity index (χ1) is 8.85. The Balaban J connectivity index is 1.70. The van der Waals surface area contributed by atoms with Crippen molar-refractivity contribution in [1.82, 2.24) is 4.68 Å². The molecule has 1 heterocycles. The van der Waals surface area contributed by atoms with E-state index in [1.807, 2.05) is 0 Å². The molecule has 2 saturated carbocycles. The Bertz CT molecular complexity index is 368. The highest BCUT2D eigenvalue weighted by Crippen LogP contribution is 2.53. The second-order valence-electron chi connectivity index (χ2n) is 5.75. The summed E-state index contributed by atoms with van der Waals surface area (Å²) in [6.45, 7) is 2.96. The van der Waals surface area contributed by atoms with E-state index in [0.29, 0.717) is 17.6 Å². The van der Waals surface area contributed by atoms with Crippen molar-refractivity contribution in [2.24, 2.45) is 5.41 Å². The van der Waals surface area contributed by atoms with Crippen molar-refractivity contribution in [1.29, 1.82) is 0 Å². The van der Waals surface area contributed by atoms with Crippen LogP contribution in [-0.4, -0.2) is 23.4 Å². The third-order valence-corrected chi connectivity index (χ3v) is 4.85. The van der Waals surface area contributed by atoms with Gasteiger partial charge in [0.15, 0.2) is 0 Å². The highest BCUT2D eigenvalue weighted by atomic mass is 16.5. The Kier molecular flexibility index (Phi) is 3.33. The van der Waals surface area contributed by atoms with Crippen LogP contribution in [0.3, 0.4) is 0 Å². The van der Waals surface area contributed by atoms with E-state index in [1.165, 1.54) is 32.1 Å². The van der Waals surface area contributed by atoms with E-state index in [-0.39, 0.29) is 0 Å². The monoisotopic (exact) mass is 248 g/mol. The van der Waals surface area contributed by atoms with Gasteiger partial charge in [0.05, 0.1) is 12.1 Å². The standard InChI is InChI=1S/C15H24N2O/c1-2-18-14-12-13(16-17-10-6-7-11-17)15(14)8-4-3-5-9-15/h6-7,10-11,13-14,16H,2-5,8-9,12H2,1H3. The Morgan fingerprint density at radius 3 is 2.61 bits per heavy atom. The molecule has 2 aliphatic carbocycles. The molecule has 0 radical (unpaired) electrons. The van der Waals surface area contributed by atoms with Crippen molar-refractivity contribution in [3.63, 3.8) is 0 Å². The molecule has 2 unspecified atom stereocenters. The zero-order chi connectivity index (χ0) is 12.4. The van der Waals surface area contributed by atoms with Gasteiger partial charge in [0.1, 0.15) is 0 Å². The Hall–Kier alpha value is -0.960. The first-order valence-corrected chi connectivity index (χ1v) is 7.36. The summed E-state index contributed by atoms with van der Waals surface area (Å²) < 4.78 is 8.07. The van der Waals surface area contributed by atoms with E-state index in [0.717, 1.165) is 13.0 Å². The lowest BCUT2D eigenvalue weighted by Gasteiger charge is -2.57. The van der Waals surface area contributed by atoms with Crippen LogP contribution in [0.4, 0.5) is 0 Å². The molecule has 1 N–H and O–H groups in total. The molecular weight excluding hydrogens is 224 g/mol. The minimum atomic E-state index is 0.401. The quantitative estimate of drug-likeness (QED) is 0.886. The highest BCUT2D eigenvalue weighted by Gasteiger charge is 2.55. The Morgan fingerprint density at radius 1 is 1.22 bits per heavy atom. The van der Waals surface area contributed by atoms with E-state index in [4.69, 9.17) is 4.74 Å². The van der Waals surface area contributed by atoms with Crippen LogP contribution in [0.1, 0.15) is 45.4 Å². The average Bonchev–Trinajstić information content (AvgIpc) is 2.92. The maximum atomic E-state index is 5.97. The molecular formula is C15H24N2O. The predicted molar refractivity (Wildman–Crippen MR) is 73.1 cm³/mol. The molecule has 1 aromatic heterocycles. The largest absolute Gasteiger partial charge is 0.378 e. The number of aromatic nitrogens is 1. The van der Waals surface area contributed by atoms with E-state index in [2.05, 4.69) is 41.6 Å². The maximum Gasteiger partial charge on any atom is 0.0671 e. The van der Waals surface area contributed by atoms with E-state index in [9.17, 15) is 0 Å². The fraction of sp³-hybridized carbons (Fsp3) is 0.733. The summed E-state index contributed by atoms with van der Waals surface area (Å²) in [5.74, 6) is 0. The van der Waals surface area contributed by atoms with Gasteiger partial charge in [-0.25, -0.2) is 0 Å². The number of rotatable bonds is 4. The minimum absolute atomic E-state index is 0.401. The second-order valence-corrected chi connectivity index (χ2v) is 5.75. The van der Waals surface area contributed by atoms with Crippen molar-refractivity contribution >= 4 is 0 Å². The lowest BCUT2D eigenvalue weighted by atomic mass is 9.55. The first-order valence-electron chi connectivity index (χ1n) is 7.36. The summed E-state index contributed by atoms with van der Waals surface area (Å²) in [5.41, 5.74) is 4.05. The molecule has 2 atom stereocenters. The van der Waals surface area contributed by atoms with Crippen LogP contribution < -0.4 is 5.43 Å². The van der Waals surface area contributed by atoms with Crippen molar-refractivity contribution in [3.05, 3.63) is 24.5 Å². The molecule has 1 spiro atoms. The number of hydrogen-bond donors (Lipinski definition) is 1. The van der Waals surface area contributed by atoms with Crippen LogP contribution in [0.25, 0.3) is 0 Å². The molecule has 0 aromatic carbocycles. The van der Waals surface area contributed by atoms with E-state index in [1.54, 1.807) is 0 Å². The van der Waals surface area contributed by atoms with Crippen molar-refractivity contribution in [2.45, 2.75) is 57.6 Å². The molecule has 100 valence electrons. The van der Waals surface area contributed by atoms with Crippen molar-refractivity contribution in [3.8, 4) is 0 Å². The highest BCUT2D eigenvalue weighted by molar-refractivity contribution is 5.14. The summed E-state index contributed by atoms with van der Waals surface area (Å²) in [7, 11) is 0. The lowest BCUT2D eigenvalue weighted by molar-refractivity contribution is -0.137. The van der Waals surface area contributed by atoms with Gasteiger partial charge in [-0.1, -0.05) is 19.3 Å². The van der Waals surface area contributed by atoms with Gasteiger partial charge in [0.2, 0.25) is 0 Å². The molecule has 0 aliphatic heterocycles. The number of ether oxygens (including phenoxy) is 1. The molecule has 3 rings (SSSR count). The van der Waals surface area contributed by atoms with Crippen LogP contribution in [0.15, 0.2) is 24.5 Å². The topological polar surface area (TPSA) is 26.2 Å². The SMILES string of the molecule is CCOC1CC(Nn2cccc2)C12CCCCC2. The van der Waals surface area contributed by atoms with Gasteiger partial charge in [0, 0.05) is 24.4 Å². The minimum Gasteiger partial charge on any atom is -0.378 e. The first kappa shape index (κ1) is 12.1. The van der Waals surface area contributed by atoms with Gasteiger partial charge >= 0.3 is 0 Å². The van der Waals surface area contributed by atoms with Crippen molar-refractivity contribution in [2.75, 3.05) is 12.0 Å². The molecule has 0 amide bonds. The zero-order valence-corrected chi connectivity index (χ0v) is 11.3. The van der Waals surface area contributed by atoms with Crippen LogP contribution in [0, 0.1) is 5.41 Å². The maximum absolute atomic E-state index is 5.97. The number of nitrogens with one attached hydrogen (secondary N) is 1. The summed E-state index contributed by atoms with van der Waals surface area (Å²) in [4.78, 5) is 0. The molecule has 2 fully saturated rings. The fourth-order valence-corrected chi connectivity index (χ4v) is 3.84. The zero-order valence-electron chi connectivity index (χ0n) is 11.3. The van der Waals surface area contributed by atoms with Crippen LogP contribution in [0.5, 0.6) is 0 Å². The van der Waals surface area contributed by atoms with Gasteiger partial charge in [-0.15, -0.1) is 0 Å². The van der Waals surface area contributed by atoms with Crippen LogP contribution >= 0.6 is 0 Å². The van der Waals surface area contributed by atoms with Crippen molar-refractivity contribution < 1.29 is 4.74 Å². The lowest BCUT2D eigenvalue weighted by Crippen LogP contribution is -2.63. The smallest absolute Gasteiger partial charge is 0.0671 e. The Morgan fingerprint density at radius 2 is 1.94 bits per heavy atom. The molecule has 3 heteroatoms. The van der Waals surface area contributed by atoms with E-state index < -0.39 is 0 Å². The molecule has 18 heavy (non-hydrogen) atoms. The molecule has 0 saturated heterocycles. The second kappa shape index (κ2) is 4.96. The van der Waals surface area contributed by atoms with E-state index >= 15 is 0 Å². The van der Waals surface area contributed by atoms with Crippen LogP contribution in [0.2, 0.25) is 0 Å². The fourth-order valence-electron chi connectivity index (χ4n) is 3.84.